The van der Waals surface area contributed by atoms with Gasteiger partial charge in [-0.05, 0) is 29.5 Å². The van der Waals surface area contributed by atoms with Crippen LogP contribution in [0.15, 0.2) is 12.1 Å². The van der Waals surface area contributed by atoms with Crippen molar-refractivity contribution in [1.82, 2.24) is 4.72 Å². The normalized spacial score (nSPS) is 17.7. The van der Waals surface area contributed by atoms with Gasteiger partial charge in [-0.2, -0.15) is 8.42 Å². The maximum Gasteiger partial charge on any atom is 0.408 e. The molecule has 0 fully saturated rings. The monoisotopic (exact) mass is 285 g/mol. The smallest absolute Gasteiger partial charge is 0.366 e. The molecule has 1 aromatic carbocycles. The van der Waals surface area contributed by atoms with Crippen molar-refractivity contribution in [2.24, 2.45) is 0 Å². The van der Waals surface area contributed by atoms with Gasteiger partial charge in [-0.25, -0.2) is 4.72 Å². The van der Waals surface area contributed by atoms with E-state index in [9.17, 15) is 8.42 Å². The summed E-state index contributed by atoms with van der Waals surface area (Å²) in [6, 6.07) is 3.81. The third-order valence-electron chi connectivity index (χ3n) is 2.80. The lowest BCUT2D eigenvalue weighted by Crippen LogP contribution is -2.38. The van der Waals surface area contributed by atoms with Crippen LogP contribution in [0.25, 0.3) is 0 Å². The number of nitrogens with one attached hydrogen (secondary N) is 1. The molecule has 0 amide bonds. The minimum absolute atomic E-state index is 0.0360. The third kappa shape index (κ3) is 2.35. The fraction of sp³-hybridized carbons (Fsp3) is 0.417. The molecule has 0 spiro atoms. The molecule has 0 radical (unpaired) electrons. The molecule has 0 unspecified atom stereocenters. The molecule has 1 aromatic rings. The summed E-state index contributed by atoms with van der Waals surface area (Å²) in [4.78, 5) is 0.186. The molecule has 4 nitrogen and oxygen atoms in total. The number of hydrogen-bond donors (Lipinski definition) is 1. The van der Waals surface area contributed by atoms with Crippen LogP contribution in [0.3, 0.4) is 0 Å². The van der Waals surface area contributed by atoms with Crippen LogP contribution in [0.4, 0.5) is 0 Å². The zero-order chi connectivity index (χ0) is 13.7. The van der Waals surface area contributed by atoms with E-state index in [1.54, 1.807) is 0 Å². The van der Waals surface area contributed by atoms with Crippen molar-refractivity contribution in [3.63, 3.8) is 0 Å². The summed E-state index contributed by atoms with van der Waals surface area (Å²) in [6.07, 6.45) is 0. The second kappa shape index (κ2) is 3.93. The van der Waals surface area contributed by atoms with Crippen molar-refractivity contribution in [1.29, 1.82) is 0 Å². The Morgan fingerprint density at radius 3 is 2.44 bits per heavy atom. The summed E-state index contributed by atoms with van der Waals surface area (Å²) < 4.78 is 30.0. The van der Waals surface area contributed by atoms with Crippen LogP contribution in [0.2, 0.25) is 0 Å². The summed E-state index contributed by atoms with van der Waals surface area (Å²) in [5.74, 6) is 0.326. The van der Waals surface area contributed by atoms with Gasteiger partial charge in [0.1, 0.15) is 4.99 Å². The average molecular weight is 285 g/mol. The second-order valence-corrected chi connectivity index (χ2v) is 7.08. The summed E-state index contributed by atoms with van der Waals surface area (Å²) in [7, 11) is -3.81. The van der Waals surface area contributed by atoms with Gasteiger partial charge in [-0.15, -0.1) is 0 Å². The maximum absolute atomic E-state index is 11.4. The molecule has 2 rings (SSSR count). The molecule has 0 aromatic heterocycles. The highest BCUT2D eigenvalue weighted by atomic mass is 32.2. The Bertz CT molecular complexity index is 627. The first-order valence-electron chi connectivity index (χ1n) is 5.52. The van der Waals surface area contributed by atoms with Gasteiger partial charge in [0.2, 0.25) is 0 Å². The van der Waals surface area contributed by atoms with Gasteiger partial charge in [0.05, 0.1) is 5.56 Å². The molecule has 98 valence electrons. The van der Waals surface area contributed by atoms with E-state index in [0.29, 0.717) is 11.3 Å². The lowest BCUT2D eigenvalue weighted by molar-refractivity contribution is 0.474. The average Bonchev–Trinajstić information content (AvgIpc) is 2.16. The first-order chi connectivity index (χ1) is 8.10. The van der Waals surface area contributed by atoms with Crippen LogP contribution in [0, 0.1) is 6.92 Å². The number of thiocarbonyl (C=S) groups is 1. The number of benzene rings is 1. The Morgan fingerprint density at radius 1 is 1.28 bits per heavy atom. The summed E-state index contributed by atoms with van der Waals surface area (Å²) in [5, 5.41) is 0. The lowest BCUT2D eigenvalue weighted by atomic mass is 9.85. The molecule has 0 saturated carbocycles. The molecule has 18 heavy (non-hydrogen) atoms. The third-order valence-corrected chi connectivity index (χ3v) is 4.09. The molecule has 1 aliphatic rings. The largest absolute Gasteiger partial charge is 0.408 e. The molecule has 0 saturated heterocycles. The highest BCUT2D eigenvalue weighted by Gasteiger charge is 2.29. The van der Waals surface area contributed by atoms with Crippen LogP contribution < -0.4 is 8.91 Å². The zero-order valence-electron chi connectivity index (χ0n) is 10.7. The van der Waals surface area contributed by atoms with Gasteiger partial charge in [0.25, 0.3) is 0 Å². The zero-order valence-corrected chi connectivity index (χ0v) is 12.3. The van der Waals surface area contributed by atoms with Crippen molar-refractivity contribution >= 4 is 27.5 Å². The first-order valence-corrected chi connectivity index (χ1v) is 7.33. The van der Waals surface area contributed by atoms with Crippen LogP contribution >= 0.6 is 12.2 Å². The van der Waals surface area contributed by atoms with E-state index in [0.717, 1.165) is 11.1 Å². The quantitative estimate of drug-likeness (QED) is 0.742. The van der Waals surface area contributed by atoms with Gasteiger partial charge >= 0.3 is 10.3 Å². The number of fused-ring (bicyclic) bond motifs is 1. The molecule has 1 aliphatic heterocycles. The van der Waals surface area contributed by atoms with Gasteiger partial charge in [0, 0.05) is 0 Å². The number of hydrogen-bond acceptors (Lipinski definition) is 4. The molecule has 0 aliphatic carbocycles. The van der Waals surface area contributed by atoms with E-state index in [-0.39, 0.29) is 10.4 Å². The molecule has 1 N–H and O–H groups in total. The Hall–Kier alpha value is -1.14. The van der Waals surface area contributed by atoms with E-state index in [4.69, 9.17) is 16.4 Å². The minimum Gasteiger partial charge on any atom is -0.366 e. The van der Waals surface area contributed by atoms with Gasteiger partial charge in [0.15, 0.2) is 5.75 Å². The molecule has 1 heterocycles. The Balaban J connectivity index is 2.67. The first kappa shape index (κ1) is 13.3. The van der Waals surface area contributed by atoms with Crippen molar-refractivity contribution in [2.45, 2.75) is 33.1 Å². The van der Waals surface area contributed by atoms with E-state index in [1.165, 1.54) is 0 Å². The highest BCUT2D eigenvalue weighted by Crippen LogP contribution is 2.34. The summed E-state index contributed by atoms with van der Waals surface area (Å²) in [6.45, 7) is 8.08. The standard InChI is InChI=1S/C12H15NO3S2/c1-7-5-8(12(2,3)4)6-9-10(7)16-18(14,15)13-11(9)17/h5-6H,1-4H3,(H,13,17). The Morgan fingerprint density at radius 2 is 1.89 bits per heavy atom. The van der Waals surface area contributed by atoms with E-state index in [1.807, 2.05) is 19.1 Å². The number of aryl methyl sites for hydroxylation is 1. The van der Waals surface area contributed by atoms with Gasteiger partial charge < -0.3 is 4.18 Å². The molecular formula is C12H15NO3S2. The Labute approximate surface area is 113 Å². The van der Waals surface area contributed by atoms with E-state index < -0.39 is 10.3 Å². The predicted molar refractivity (Wildman–Crippen MR) is 74.3 cm³/mol. The van der Waals surface area contributed by atoms with Crippen LogP contribution in [-0.4, -0.2) is 13.4 Å². The molecular weight excluding hydrogens is 270 g/mol. The van der Waals surface area contributed by atoms with Crippen molar-refractivity contribution in [3.05, 3.63) is 28.8 Å². The van der Waals surface area contributed by atoms with E-state index >= 15 is 0 Å². The lowest BCUT2D eigenvalue weighted by Gasteiger charge is -2.25. The van der Waals surface area contributed by atoms with Gasteiger partial charge in [-0.3, -0.25) is 0 Å². The topological polar surface area (TPSA) is 55.4 Å². The van der Waals surface area contributed by atoms with Crippen LogP contribution in [0.1, 0.15) is 37.5 Å². The second-order valence-electron chi connectivity index (χ2n) is 5.39. The predicted octanol–water partition coefficient (Wildman–Crippen LogP) is 2.19. The fourth-order valence-corrected chi connectivity index (χ4v) is 3.06. The van der Waals surface area contributed by atoms with E-state index in [2.05, 4.69) is 25.5 Å². The van der Waals surface area contributed by atoms with Crippen LogP contribution in [0.5, 0.6) is 5.75 Å². The Kier molecular flexibility index (Phi) is 2.90. The summed E-state index contributed by atoms with van der Waals surface area (Å²) >= 11 is 5.08. The van der Waals surface area contributed by atoms with Crippen molar-refractivity contribution < 1.29 is 12.6 Å². The molecule has 0 bridgehead atoms. The molecule has 6 heteroatoms. The number of rotatable bonds is 0. The summed E-state index contributed by atoms with van der Waals surface area (Å²) in [5.41, 5.74) is 2.45. The highest BCUT2D eigenvalue weighted by molar-refractivity contribution is 7.88. The molecule has 0 atom stereocenters. The SMILES string of the molecule is Cc1cc(C(C)(C)C)cc2c1OS(=O)(=O)NC2=S. The van der Waals surface area contributed by atoms with Crippen LogP contribution in [-0.2, 0) is 15.7 Å². The van der Waals surface area contributed by atoms with Crippen molar-refractivity contribution in [2.75, 3.05) is 0 Å². The fourth-order valence-electron chi connectivity index (χ4n) is 1.79. The van der Waals surface area contributed by atoms with Crippen molar-refractivity contribution in [3.8, 4) is 5.75 Å². The maximum atomic E-state index is 11.4. The van der Waals surface area contributed by atoms with Gasteiger partial charge in [-0.1, -0.05) is 39.1 Å². The minimum atomic E-state index is -3.81.